The van der Waals surface area contributed by atoms with Gasteiger partial charge in [0.25, 0.3) is 0 Å². The van der Waals surface area contributed by atoms with Crippen LogP contribution in [0.2, 0.25) is 0 Å². The molecule has 0 aromatic heterocycles. The van der Waals surface area contributed by atoms with E-state index in [9.17, 15) is 14.0 Å². The van der Waals surface area contributed by atoms with Gasteiger partial charge < -0.3 is 10.6 Å². The second-order valence-electron chi connectivity index (χ2n) is 3.61. The number of carbonyl (C=O) groups excluding carboxylic acids is 2. The Kier molecular flexibility index (Phi) is 3.22. The highest BCUT2D eigenvalue weighted by Crippen LogP contribution is 2.12. The number of halogens is 1. The number of nitrogens with zero attached hydrogens (tertiary/aromatic N) is 1. The Balaban J connectivity index is 1.92. The van der Waals surface area contributed by atoms with E-state index >= 15 is 0 Å². The predicted octanol–water partition coefficient (Wildman–Crippen LogP) is 0.789. The fourth-order valence-corrected chi connectivity index (χ4v) is 1.58. The second kappa shape index (κ2) is 4.82. The van der Waals surface area contributed by atoms with E-state index in [0.29, 0.717) is 13.1 Å². The minimum absolute atomic E-state index is 0.103. The van der Waals surface area contributed by atoms with E-state index in [1.165, 1.54) is 12.1 Å². The van der Waals surface area contributed by atoms with Gasteiger partial charge >= 0.3 is 6.03 Å². The van der Waals surface area contributed by atoms with E-state index in [-0.39, 0.29) is 18.1 Å². The van der Waals surface area contributed by atoms with E-state index in [1.807, 2.05) is 0 Å². The molecule has 1 aliphatic heterocycles. The maximum absolute atomic E-state index is 13.2. The van der Waals surface area contributed by atoms with Crippen LogP contribution in [0.1, 0.15) is 0 Å². The molecule has 0 atom stereocenters. The Morgan fingerprint density at radius 3 is 2.88 bits per heavy atom. The molecule has 90 valence electrons. The van der Waals surface area contributed by atoms with Gasteiger partial charge in [0.15, 0.2) is 0 Å². The molecule has 2 N–H and O–H groups in total. The Hall–Kier alpha value is -2.11. The van der Waals surface area contributed by atoms with E-state index < -0.39 is 11.8 Å². The Morgan fingerprint density at radius 2 is 2.24 bits per heavy atom. The molecule has 2 rings (SSSR count). The van der Waals surface area contributed by atoms with Crippen LogP contribution in [-0.2, 0) is 4.79 Å². The van der Waals surface area contributed by atoms with Crippen LogP contribution >= 0.6 is 0 Å². The van der Waals surface area contributed by atoms with Crippen molar-refractivity contribution in [2.45, 2.75) is 0 Å². The lowest BCUT2D eigenvalue weighted by atomic mass is 10.3. The summed E-state index contributed by atoms with van der Waals surface area (Å²) in [5.74, 6) is -0.797. The molecule has 3 amide bonds. The monoisotopic (exact) mass is 237 g/mol. The number of urea groups is 1. The van der Waals surface area contributed by atoms with Crippen molar-refractivity contribution in [3.8, 4) is 0 Å². The average molecular weight is 237 g/mol. The minimum atomic E-state index is -0.425. The fraction of sp³-hybridized carbons (Fsp3) is 0.273. The third kappa shape index (κ3) is 2.52. The summed E-state index contributed by atoms with van der Waals surface area (Å²) in [6.07, 6.45) is 0. The summed E-state index contributed by atoms with van der Waals surface area (Å²) >= 11 is 0. The number of hydrogen-bond acceptors (Lipinski definition) is 3. The number of imide groups is 1. The highest BCUT2D eigenvalue weighted by atomic mass is 19.1. The Morgan fingerprint density at radius 1 is 1.47 bits per heavy atom. The zero-order valence-electron chi connectivity index (χ0n) is 9.07. The van der Waals surface area contributed by atoms with Gasteiger partial charge in [-0.2, -0.15) is 0 Å². The number of rotatable bonds is 3. The van der Waals surface area contributed by atoms with Gasteiger partial charge in [-0.25, -0.2) is 9.18 Å². The van der Waals surface area contributed by atoms with Crippen molar-refractivity contribution in [3.63, 3.8) is 0 Å². The number of nitrogens with one attached hydrogen (secondary N) is 2. The number of carbonyl (C=O) groups is 2. The molecule has 0 radical (unpaired) electrons. The first-order valence-corrected chi connectivity index (χ1v) is 5.25. The first-order valence-electron chi connectivity index (χ1n) is 5.25. The summed E-state index contributed by atoms with van der Waals surface area (Å²) in [6, 6.07) is 5.67. The smallest absolute Gasteiger partial charge is 0.324 e. The zero-order valence-corrected chi connectivity index (χ0v) is 9.07. The van der Waals surface area contributed by atoms with Crippen LogP contribution in [0.5, 0.6) is 0 Å². The second-order valence-corrected chi connectivity index (χ2v) is 3.61. The average Bonchev–Trinajstić information content (AvgIpc) is 2.74. The highest BCUT2D eigenvalue weighted by Gasteiger charge is 2.25. The van der Waals surface area contributed by atoms with Crippen molar-refractivity contribution in [2.24, 2.45) is 0 Å². The third-order valence-electron chi connectivity index (χ3n) is 2.46. The SMILES string of the molecule is O=C(CNc1ccccc1F)N1CCNC1=O. The minimum Gasteiger partial charge on any atom is -0.374 e. The molecular weight excluding hydrogens is 225 g/mol. The normalized spacial score (nSPS) is 14.6. The van der Waals surface area contributed by atoms with Gasteiger partial charge in [-0.3, -0.25) is 9.69 Å². The summed E-state index contributed by atoms with van der Waals surface area (Å²) in [4.78, 5) is 23.9. The summed E-state index contributed by atoms with van der Waals surface area (Å²) in [5, 5.41) is 5.19. The van der Waals surface area contributed by atoms with Gasteiger partial charge in [0.1, 0.15) is 5.82 Å². The van der Waals surface area contributed by atoms with Crippen LogP contribution in [0.3, 0.4) is 0 Å². The number of benzene rings is 1. The van der Waals surface area contributed by atoms with E-state index in [2.05, 4.69) is 10.6 Å². The maximum atomic E-state index is 13.2. The molecular formula is C11H12FN3O2. The van der Waals surface area contributed by atoms with Crippen molar-refractivity contribution in [3.05, 3.63) is 30.1 Å². The molecule has 0 unspecified atom stereocenters. The first-order chi connectivity index (χ1) is 8.18. The van der Waals surface area contributed by atoms with Gasteiger partial charge in [0.2, 0.25) is 5.91 Å². The van der Waals surface area contributed by atoms with Crippen molar-refractivity contribution >= 4 is 17.6 Å². The number of amides is 3. The highest BCUT2D eigenvalue weighted by molar-refractivity contribution is 5.97. The molecule has 1 aromatic rings. The van der Waals surface area contributed by atoms with Crippen LogP contribution in [-0.4, -0.2) is 36.5 Å². The topological polar surface area (TPSA) is 61.4 Å². The standard InChI is InChI=1S/C11H12FN3O2/c12-8-3-1-2-4-9(8)14-7-10(16)15-6-5-13-11(15)17/h1-4,14H,5-7H2,(H,13,17). The first kappa shape index (κ1) is 11.4. The molecule has 1 saturated heterocycles. The van der Waals surface area contributed by atoms with E-state index in [1.54, 1.807) is 12.1 Å². The van der Waals surface area contributed by atoms with Crippen LogP contribution < -0.4 is 10.6 Å². The van der Waals surface area contributed by atoms with Crippen molar-refractivity contribution in [1.29, 1.82) is 0 Å². The van der Waals surface area contributed by atoms with Crippen LogP contribution in [0.25, 0.3) is 0 Å². The van der Waals surface area contributed by atoms with E-state index in [4.69, 9.17) is 0 Å². The largest absolute Gasteiger partial charge is 0.374 e. The Labute approximate surface area is 97.6 Å². The molecule has 0 bridgehead atoms. The lowest BCUT2D eigenvalue weighted by molar-refractivity contribution is -0.125. The molecule has 1 aliphatic rings. The van der Waals surface area contributed by atoms with Crippen LogP contribution in [0, 0.1) is 5.82 Å². The van der Waals surface area contributed by atoms with Crippen molar-refractivity contribution < 1.29 is 14.0 Å². The van der Waals surface area contributed by atoms with Gasteiger partial charge in [-0.05, 0) is 12.1 Å². The van der Waals surface area contributed by atoms with Gasteiger partial charge in [-0.15, -0.1) is 0 Å². The molecule has 1 fully saturated rings. The summed E-state index contributed by atoms with van der Waals surface area (Å²) in [5.41, 5.74) is 0.250. The lowest BCUT2D eigenvalue weighted by Crippen LogP contribution is -2.38. The maximum Gasteiger partial charge on any atom is 0.324 e. The molecule has 17 heavy (non-hydrogen) atoms. The van der Waals surface area contributed by atoms with Crippen molar-refractivity contribution in [2.75, 3.05) is 25.0 Å². The molecule has 1 heterocycles. The number of hydrogen-bond donors (Lipinski definition) is 2. The molecule has 1 aromatic carbocycles. The van der Waals surface area contributed by atoms with Crippen LogP contribution in [0.4, 0.5) is 14.9 Å². The molecule has 6 heteroatoms. The van der Waals surface area contributed by atoms with Gasteiger partial charge in [0, 0.05) is 13.1 Å². The van der Waals surface area contributed by atoms with Gasteiger partial charge in [-0.1, -0.05) is 12.1 Å². The lowest BCUT2D eigenvalue weighted by Gasteiger charge is -2.13. The number of para-hydroxylation sites is 1. The quantitative estimate of drug-likeness (QED) is 0.817. The summed E-state index contributed by atoms with van der Waals surface area (Å²) < 4.78 is 13.2. The molecule has 0 saturated carbocycles. The van der Waals surface area contributed by atoms with Gasteiger partial charge in [0.05, 0.1) is 12.2 Å². The third-order valence-corrected chi connectivity index (χ3v) is 2.46. The zero-order chi connectivity index (χ0) is 12.3. The number of anilines is 1. The van der Waals surface area contributed by atoms with Crippen molar-refractivity contribution in [1.82, 2.24) is 10.2 Å². The fourth-order valence-electron chi connectivity index (χ4n) is 1.58. The predicted molar refractivity (Wildman–Crippen MR) is 60.0 cm³/mol. The molecule has 0 aliphatic carbocycles. The molecule has 0 spiro atoms. The van der Waals surface area contributed by atoms with E-state index in [0.717, 1.165) is 4.90 Å². The van der Waals surface area contributed by atoms with Crippen LogP contribution in [0.15, 0.2) is 24.3 Å². The summed E-state index contributed by atoms with van der Waals surface area (Å²) in [7, 11) is 0. The summed E-state index contributed by atoms with van der Waals surface area (Å²) in [6.45, 7) is 0.718. The Bertz CT molecular complexity index is 450. The molecule has 5 nitrogen and oxygen atoms in total.